The van der Waals surface area contributed by atoms with Gasteiger partial charge in [-0.3, -0.25) is 4.79 Å². The molecule has 1 amide bonds. The maximum atomic E-state index is 12.2. The molecule has 0 fully saturated rings. The molecule has 0 radical (unpaired) electrons. The van der Waals surface area contributed by atoms with Crippen LogP contribution in [0.1, 0.15) is 0 Å². The van der Waals surface area contributed by atoms with Gasteiger partial charge in [0.1, 0.15) is 6.54 Å². The van der Waals surface area contributed by atoms with Crippen LogP contribution in [-0.2, 0) is 11.3 Å². The van der Waals surface area contributed by atoms with E-state index in [2.05, 4.69) is 20.8 Å². The number of hydrogen-bond acceptors (Lipinski definition) is 4. The van der Waals surface area contributed by atoms with Crippen LogP contribution < -0.4 is 5.32 Å². The maximum absolute atomic E-state index is 12.2. The molecule has 6 nitrogen and oxygen atoms in total. The van der Waals surface area contributed by atoms with Crippen molar-refractivity contribution >= 4 is 34.8 Å². The highest BCUT2D eigenvalue weighted by Gasteiger charge is 2.13. The van der Waals surface area contributed by atoms with E-state index in [4.69, 9.17) is 23.2 Å². The molecule has 0 spiro atoms. The maximum Gasteiger partial charge on any atom is 0.246 e. The van der Waals surface area contributed by atoms with E-state index in [-0.39, 0.29) is 12.5 Å². The number of hydrogen-bond donors (Lipinski definition) is 1. The lowest BCUT2D eigenvalue weighted by molar-refractivity contribution is -0.116. The van der Waals surface area contributed by atoms with Gasteiger partial charge in [0, 0.05) is 10.6 Å². The zero-order chi connectivity index (χ0) is 16.2. The molecule has 0 aliphatic carbocycles. The van der Waals surface area contributed by atoms with Crippen LogP contribution in [0, 0.1) is 0 Å². The zero-order valence-corrected chi connectivity index (χ0v) is 13.3. The Bertz CT molecular complexity index is 835. The number of carbonyl (C=O) groups excluding carboxylic acids is 1. The van der Waals surface area contributed by atoms with Crippen LogP contribution in [0.2, 0.25) is 10.0 Å². The van der Waals surface area contributed by atoms with Crippen LogP contribution in [0.25, 0.3) is 11.4 Å². The Hall–Kier alpha value is -2.44. The normalized spacial score (nSPS) is 10.5. The monoisotopic (exact) mass is 347 g/mol. The SMILES string of the molecule is O=C(Cn1nnnc1-c1ccccc1)Nc1ccc(Cl)cc1Cl. The van der Waals surface area contributed by atoms with Gasteiger partial charge in [0.15, 0.2) is 5.82 Å². The Morgan fingerprint density at radius 3 is 2.65 bits per heavy atom. The molecule has 116 valence electrons. The first kappa shape index (κ1) is 15.5. The average Bonchev–Trinajstić information content (AvgIpc) is 2.99. The first-order chi connectivity index (χ1) is 11.1. The molecule has 0 aliphatic rings. The van der Waals surface area contributed by atoms with Crippen molar-refractivity contribution in [3.05, 3.63) is 58.6 Å². The Balaban J connectivity index is 1.75. The fraction of sp³-hybridized carbons (Fsp3) is 0.0667. The molecule has 2 aromatic carbocycles. The first-order valence-corrected chi connectivity index (χ1v) is 7.45. The second-order valence-corrected chi connectivity index (χ2v) is 5.54. The van der Waals surface area contributed by atoms with Crippen molar-refractivity contribution in [2.75, 3.05) is 5.32 Å². The topological polar surface area (TPSA) is 72.7 Å². The van der Waals surface area contributed by atoms with Gasteiger partial charge in [-0.15, -0.1) is 5.10 Å². The number of carbonyl (C=O) groups is 1. The highest BCUT2D eigenvalue weighted by Crippen LogP contribution is 2.25. The van der Waals surface area contributed by atoms with E-state index >= 15 is 0 Å². The summed E-state index contributed by atoms with van der Waals surface area (Å²) in [4.78, 5) is 12.2. The molecular formula is C15H11Cl2N5O. The number of nitrogens with zero attached hydrogens (tertiary/aromatic N) is 4. The van der Waals surface area contributed by atoms with E-state index in [1.807, 2.05) is 30.3 Å². The van der Waals surface area contributed by atoms with Gasteiger partial charge in [-0.1, -0.05) is 53.5 Å². The quantitative estimate of drug-likeness (QED) is 0.785. The summed E-state index contributed by atoms with van der Waals surface area (Å²) in [7, 11) is 0. The first-order valence-electron chi connectivity index (χ1n) is 6.70. The smallest absolute Gasteiger partial charge is 0.246 e. The molecule has 0 unspecified atom stereocenters. The van der Waals surface area contributed by atoms with Crippen molar-refractivity contribution < 1.29 is 4.79 Å². The third-order valence-electron chi connectivity index (χ3n) is 3.06. The van der Waals surface area contributed by atoms with Gasteiger partial charge in [0.2, 0.25) is 5.91 Å². The van der Waals surface area contributed by atoms with Crippen LogP contribution in [-0.4, -0.2) is 26.1 Å². The summed E-state index contributed by atoms with van der Waals surface area (Å²) in [6.45, 7) is -0.0316. The minimum absolute atomic E-state index is 0.0316. The number of tetrazole rings is 1. The molecule has 0 aliphatic heterocycles. The number of anilines is 1. The van der Waals surface area contributed by atoms with Gasteiger partial charge in [-0.2, -0.15) is 0 Å². The van der Waals surface area contributed by atoms with E-state index in [1.165, 1.54) is 4.68 Å². The fourth-order valence-electron chi connectivity index (χ4n) is 2.02. The number of rotatable bonds is 4. The lowest BCUT2D eigenvalue weighted by atomic mass is 10.2. The lowest BCUT2D eigenvalue weighted by Gasteiger charge is -2.08. The van der Waals surface area contributed by atoms with Crippen LogP contribution >= 0.6 is 23.2 Å². The van der Waals surface area contributed by atoms with Gasteiger partial charge in [0.05, 0.1) is 10.7 Å². The number of amides is 1. The summed E-state index contributed by atoms with van der Waals surface area (Å²) in [5, 5.41) is 15.0. The highest BCUT2D eigenvalue weighted by molar-refractivity contribution is 6.36. The number of aromatic nitrogens is 4. The molecular weight excluding hydrogens is 337 g/mol. The van der Waals surface area contributed by atoms with E-state index in [0.29, 0.717) is 21.6 Å². The number of nitrogens with one attached hydrogen (secondary N) is 1. The van der Waals surface area contributed by atoms with Crippen LogP contribution in [0.5, 0.6) is 0 Å². The van der Waals surface area contributed by atoms with E-state index in [1.54, 1.807) is 18.2 Å². The van der Waals surface area contributed by atoms with Gasteiger partial charge >= 0.3 is 0 Å². The van der Waals surface area contributed by atoms with Crippen molar-refractivity contribution in [1.29, 1.82) is 0 Å². The summed E-state index contributed by atoms with van der Waals surface area (Å²) < 4.78 is 1.43. The summed E-state index contributed by atoms with van der Waals surface area (Å²) in [5.41, 5.74) is 1.31. The van der Waals surface area contributed by atoms with Gasteiger partial charge in [-0.05, 0) is 28.6 Å². The van der Waals surface area contributed by atoms with Gasteiger partial charge < -0.3 is 5.32 Å². The van der Waals surface area contributed by atoms with Crippen molar-refractivity contribution in [2.45, 2.75) is 6.54 Å². The molecule has 0 saturated carbocycles. The Labute approximate surface area is 142 Å². The molecule has 1 heterocycles. The predicted molar refractivity (Wildman–Crippen MR) is 88.3 cm³/mol. The fourth-order valence-corrected chi connectivity index (χ4v) is 2.48. The van der Waals surface area contributed by atoms with Crippen molar-refractivity contribution in [3.63, 3.8) is 0 Å². The second-order valence-electron chi connectivity index (χ2n) is 4.70. The molecule has 0 atom stereocenters. The van der Waals surface area contributed by atoms with Crippen LogP contribution in [0.4, 0.5) is 5.69 Å². The standard InChI is InChI=1S/C15H11Cl2N5O/c16-11-6-7-13(12(17)8-11)18-14(23)9-22-15(19-20-21-22)10-4-2-1-3-5-10/h1-8H,9H2,(H,18,23). The minimum atomic E-state index is -0.293. The van der Waals surface area contributed by atoms with Crippen molar-refractivity contribution in [3.8, 4) is 11.4 Å². The second kappa shape index (κ2) is 6.76. The van der Waals surface area contributed by atoms with E-state index < -0.39 is 0 Å². The Morgan fingerprint density at radius 2 is 1.91 bits per heavy atom. The molecule has 0 saturated heterocycles. The summed E-state index contributed by atoms with van der Waals surface area (Å²) in [6, 6.07) is 14.2. The van der Waals surface area contributed by atoms with E-state index in [9.17, 15) is 4.79 Å². The molecule has 1 N–H and O–H groups in total. The Morgan fingerprint density at radius 1 is 1.13 bits per heavy atom. The number of halogens is 2. The highest BCUT2D eigenvalue weighted by atomic mass is 35.5. The largest absolute Gasteiger partial charge is 0.323 e. The Kier molecular flexibility index (Phi) is 4.55. The predicted octanol–water partition coefficient (Wildman–Crippen LogP) is 3.29. The number of benzene rings is 2. The lowest BCUT2D eigenvalue weighted by Crippen LogP contribution is -2.20. The third kappa shape index (κ3) is 3.67. The summed E-state index contributed by atoms with van der Waals surface area (Å²) in [5.74, 6) is 0.224. The summed E-state index contributed by atoms with van der Waals surface area (Å²) >= 11 is 11.9. The molecule has 23 heavy (non-hydrogen) atoms. The molecule has 1 aromatic heterocycles. The van der Waals surface area contributed by atoms with Crippen LogP contribution in [0.3, 0.4) is 0 Å². The van der Waals surface area contributed by atoms with E-state index in [0.717, 1.165) is 5.56 Å². The van der Waals surface area contributed by atoms with Crippen LogP contribution in [0.15, 0.2) is 48.5 Å². The minimum Gasteiger partial charge on any atom is -0.323 e. The zero-order valence-electron chi connectivity index (χ0n) is 11.8. The molecule has 3 rings (SSSR count). The summed E-state index contributed by atoms with van der Waals surface area (Å²) in [6.07, 6.45) is 0. The van der Waals surface area contributed by atoms with Gasteiger partial charge in [-0.25, -0.2) is 4.68 Å². The van der Waals surface area contributed by atoms with Crippen molar-refractivity contribution in [2.24, 2.45) is 0 Å². The third-order valence-corrected chi connectivity index (χ3v) is 3.61. The molecule has 8 heteroatoms. The van der Waals surface area contributed by atoms with Crippen molar-refractivity contribution in [1.82, 2.24) is 20.2 Å². The molecule has 0 bridgehead atoms. The average molecular weight is 348 g/mol. The van der Waals surface area contributed by atoms with Gasteiger partial charge in [0.25, 0.3) is 0 Å². The molecule has 3 aromatic rings.